The van der Waals surface area contributed by atoms with E-state index >= 15 is 0 Å². The van der Waals surface area contributed by atoms with Gasteiger partial charge < -0.3 is 10.0 Å². The summed E-state index contributed by atoms with van der Waals surface area (Å²) in [7, 11) is 0. The highest BCUT2D eigenvalue weighted by atomic mass is 16.3. The lowest BCUT2D eigenvalue weighted by atomic mass is 10.3. The van der Waals surface area contributed by atoms with Gasteiger partial charge in [-0.05, 0) is 12.9 Å². The molecule has 1 atom stereocenters. The van der Waals surface area contributed by atoms with Crippen LogP contribution < -0.4 is 0 Å². The summed E-state index contributed by atoms with van der Waals surface area (Å²) in [6.45, 7) is -14.3. The fraction of sp³-hybridized carbons (Fsp3) is 1.00. The Morgan fingerprint density at radius 3 is 3.75 bits per heavy atom. The van der Waals surface area contributed by atoms with Crippen LogP contribution in [0.2, 0.25) is 0 Å². The molecule has 0 aromatic carbocycles. The number of hydrogen-bond acceptors (Lipinski definition) is 2. The van der Waals surface area contributed by atoms with Crippen LogP contribution in [-0.2, 0) is 0 Å². The molecule has 1 saturated heterocycles. The molecule has 0 spiro atoms. The number of nitrogens with zero attached hydrogens (tertiary/aromatic N) is 1. The second-order valence-electron chi connectivity index (χ2n) is 1.14. The molecule has 2 heteroatoms. The first kappa shape index (κ1) is 0.956. The molecule has 0 radical (unpaired) electrons. The van der Waals surface area contributed by atoms with E-state index in [1.165, 1.54) is 0 Å². The minimum absolute atomic E-state index is 0.562. The largest absolute Gasteiger partial charge is 0.392 e. The second kappa shape index (κ2) is 2.46. The molecule has 0 saturated carbocycles. The molecule has 48 valence electrons. The van der Waals surface area contributed by atoms with E-state index in [0.29, 0.717) is 0 Å². The summed E-state index contributed by atoms with van der Waals surface area (Å²) < 4.78 is 88.0. The van der Waals surface area contributed by atoms with Gasteiger partial charge in [0.1, 0.15) is 0 Å². The Balaban J connectivity index is 3.64. The van der Waals surface area contributed by atoms with Gasteiger partial charge in [0, 0.05) is 28.1 Å². The number of hydrogen-bond donors (Lipinski definition) is 1. The van der Waals surface area contributed by atoms with Crippen molar-refractivity contribution in [1.82, 2.24) is 4.90 Å². The molecular formula is C6H13NO. The first-order chi connectivity index (χ1) is 8.37. The maximum Gasteiger partial charge on any atom is 0.0679 e. The van der Waals surface area contributed by atoms with Crippen LogP contribution in [0.15, 0.2) is 0 Å². The van der Waals surface area contributed by atoms with Crippen molar-refractivity contribution in [3.8, 4) is 0 Å². The average molecular weight is 127 g/mol. The first-order valence-corrected chi connectivity index (χ1v) is 1.89. The standard InChI is InChI=1S/C6H13NO/c1-2-7-4-3-6(8)5-7/h6,8H,2-5H2,1H3/i1D3,2D2,3D2,4D2,5D2,6D. The Labute approximate surface area is 67.0 Å². The number of likely N-dealkylation sites (N-methyl/N-ethyl adjacent to an activating group) is 1. The molecule has 1 N–H and O–H groups in total. The number of rotatable bonds is 1. The fourth-order valence-corrected chi connectivity index (χ4v) is 0.327. The Morgan fingerprint density at radius 1 is 2.38 bits per heavy atom. The lowest BCUT2D eigenvalue weighted by molar-refractivity contribution is 0.178. The van der Waals surface area contributed by atoms with Crippen molar-refractivity contribution in [1.29, 1.82) is 0 Å². The van der Waals surface area contributed by atoms with E-state index in [1.807, 2.05) is 0 Å². The third kappa shape index (κ3) is 1.20. The summed E-state index contributed by atoms with van der Waals surface area (Å²) in [6, 6.07) is 0. The zero-order valence-corrected chi connectivity index (χ0v) is 3.89. The Hall–Kier alpha value is -0.0800. The van der Waals surface area contributed by atoms with Crippen molar-refractivity contribution < 1.29 is 21.6 Å². The molecule has 8 heavy (non-hydrogen) atoms. The lowest BCUT2D eigenvalue weighted by Crippen LogP contribution is -2.21. The van der Waals surface area contributed by atoms with Gasteiger partial charge in [0.15, 0.2) is 0 Å². The van der Waals surface area contributed by atoms with Gasteiger partial charge in [-0.1, -0.05) is 6.85 Å². The summed E-state index contributed by atoms with van der Waals surface area (Å²) in [5, 5.41) is 9.67. The SMILES string of the molecule is [2H]C([2H])([2H])C([2H])([2H])N1C([2H])([2H])C([2H])([2H])C([2H])(O)C1([2H])[2H]. The fourth-order valence-electron chi connectivity index (χ4n) is 0.327. The highest BCUT2D eigenvalue weighted by Gasteiger charge is 2.17. The van der Waals surface area contributed by atoms with Gasteiger partial charge >= 0.3 is 0 Å². The van der Waals surface area contributed by atoms with Crippen molar-refractivity contribution in [2.75, 3.05) is 19.5 Å². The molecule has 1 rings (SSSR count). The maximum atomic E-state index is 9.67. The van der Waals surface area contributed by atoms with Gasteiger partial charge in [-0.25, -0.2) is 0 Å². The quantitative estimate of drug-likeness (QED) is 0.539. The predicted octanol–water partition coefficient (Wildman–Crippen LogP) is 0.0729. The van der Waals surface area contributed by atoms with Crippen LogP contribution >= 0.6 is 0 Å². The van der Waals surface area contributed by atoms with E-state index in [2.05, 4.69) is 0 Å². The summed E-state index contributed by atoms with van der Waals surface area (Å²) in [5.41, 5.74) is 0. The molecule has 1 aliphatic rings. The third-order valence-corrected chi connectivity index (χ3v) is 0.616. The number of aliphatic hydroxyl groups is 1. The summed E-state index contributed by atoms with van der Waals surface area (Å²) in [4.78, 5) is -0.562. The zero-order chi connectivity index (χ0) is 16.6. The molecule has 0 aromatic rings. The summed E-state index contributed by atoms with van der Waals surface area (Å²) in [5.74, 6) is 0. The Kier molecular flexibility index (Phi) is 0.294. The number of likely N-dealkylation sites (tertiary alicyclic amines) is 1. The van der Waals surface area contributed by atoms with Crippen molar-refractivity contribution in [3.05, 3.63) is 0 Å². The molecule has 1 fully saturated rings. The van der Waals surface area contributed by atoms with Crippen molar-refractivity contribution in [3.63, 3.8) is 0 Å². The summed E-state index contributed by atoms with van der Waals surface area (Å²) >= 11 is 0. The summed E-state index contributed by atoms with van der Waals surface area (Å²) in [6.07, 6.45) is -7.27. The number of β-amino-alcohol motifs (C(OH)–C–C–N with tert-alkyl or cyclic N) is 1. The molecule has 1 heterocycles. The van der Waals surface area contributed by atoms with Crippen LogP contribution in [0, 0.1) is 0 Å². The van der Waals surface area contributed by atoms with Crippen LogP contribution in [0.1, 0.15) is 29.7 Å². The van der Waals surface area contributed by atoms with Gasteiger partial charge in [-0.2, -0.15) is 0 Å². The Morgan fingerprint density at radius 2 is 3.25 bits per heavy atom. The second-order valence-corrected chi connectivity index (χ2v) is 1.14. The smallest absolute Gasteiger partial charge is 0.0679 e. The van der Waals surface area contributed by atoms with Gasteiger partial charge in [-0.3, -0.25) is 0 Å². The van der Waals surface area contributed by atoms with Crippen LogP contribution in [-0.4, -0.2) is 35.6 Å². The first-order valence-electron chi connectivity index (χ1n) is 7.89. The van der Waals surface area contributed by atoms with Crippen LogP contribution in [0.5, 0.6) is 0 Å². The van der Waals surface area contributed by atoms with Crippen LogP contribution in [0.25, 0.3) is 0 Å². The van der Waals surface area contributed by atoms with Crippen LogP contribution in [0.4, 0.5) is 0 Å². The topological polar surface area (TPSA) is 23.5 Å². The van der Waals surface area contributed by atoms with Gasteiger partial charge in [-0.15, -0.1) is 0 Å². The van der Waals surface area contributed by atoms with E-state index in [-0.39, 0.29) is 0 Å². The van der Waals surface area contributed by atoms with E-state index < -0.39 is 43.7 Å². The Bertz CT molecular complexity index is 385. The van der Waals surface area contributed by atoms with Crippen LogP contribution in [0.3, 0.4) is 0 Å². The van der Waals surface area contributed by atoms with Gasteiger partial charge in [0.2, 0.25) is 0 Å². The minimum atomic E-state index is -3.71. The molecule has 0 amide bonds. The van der Waals surface area contributed by atoms with E-state index in [4.69, 9.17) is 16.4 Å². The lowest BCUT2D eigenvalue weighted by Gasteiger charge is -2.09. The van der Waals surface area contributed by atoms with Gasteiger partial charge in [0.25, 0.3) is 0 Å². The molecule has 1 aliphatic heterocycles. The minimum Gasteiger partial charge on any atom is -0.392 e. The molecular weight excluding hydrogens is 102 g/mol. The maximum absolute atomic E-state index is 9.67. The highest BCUT2D eigenvalue weighted by molar-refractivity contribution is 4.72. The predicted molar refractivity (Wildman–Crippen MR) is 32.7 cm³/mol. The van der Waals surface area contributed by atoms with E-state index in [1.54, 1.807) is 0 Å². The third-order valence-electron chi connectivity index (χ3n) is 0.616. The van der Waals surface area contributed by atoms with Crippen molar-refractivity contribution in [2.24, 2.45) is 0 Å². The van der Waals surface area contributed by atoms with E-state index in [0.717, 1.165) is 0 Å². The normalized spacial score (nSPS) is 85.1. The molecule has 0 aromatic heterocycles. The van der Waals surface area contributed by atoms with Gasteiger partial charge in [0.05, 0.1) is 7.45 Å². The molecule has 0 bridgehead atoms. The molecule has 2 nitrogen and oxygen atoms in total. The zero-order valence-electron chi connectivity index (χ0n) is 15.9. The molecule has 1 unspecified atom stereocenters. The van der Waals surface area contributed by atoms with Crippen molar-refractivity contribution in [2.45, 2.75) is 19.3 Å². The molecule has 0 aliphatic carbocycles. The average Bonchev–Trinajstić information content (AvgIpc) is 2.18. The monoisotopic (exact) mass is 127 g/mol. The van der Waals surface area contributed by atoms with Crippen molar-refractivity contribution >= 4 is 0 Å². The highest BCUT2D eigenvalue weighted by Crippen LogP contribution is 2.06. The van der Waals surface area contributed by atoms with E-state index in [9.17, 15) is 5.11 Å².